The summed E-state index contributed by atoms with van der Waals surface area (Å²) >= 11 is 0. The fourth-order valence-corrected chi connectivity index (χ4v) is 2.67. The zero-order chi connectivity index (χ0) is 17.2. The lowest BCUT2D eigenvalue weighted by molar-refractivity contribution is -0.137. The first-order valence-electron chi connectivity index (χ1n) is 7.62. The van der Waals surface area contributed by atoms with Gasteiger partial charge in [0.05, 0.1) is 5.56 Å². The molecule has 1 aliphatic rings. The van der Waals surface area contributed by atoms with Crippen LogP contribution in [0.1, 0.15) is 27.0 Å². The highest BCUT2D eigenvalue weighted by atomic mass is 19.4. The molecule has 0 aromatic heterocycles. The van der Waals surface area contributed by atoms with Crippen molar-refractivity contribution in [1.29, 1.82) is 0 Å². The molecule has 0 saturated heterocycles. The van der Waals surface area contributed by atoms with Crippen LogP contribution in [-0.4, -0.2) is 23.8 Å². The van der Waals surface area contributed by atoms with Crippen LogP contribution in [0.15, 0.2) is 60.7 Å². The molecule has 0 amide bonds. The molecule has 5 heteroatoms. The molecule has 3 rings (SSSR count). The van der Waals surface area contributed by atoms with Gasteiger partial charge in [0, 0.05) is 30.8 Å². The molecular weight excluding hydrogens is 315 g/mol. The molecule has 0 aliphatic carbocycles. The van der Waals surface area contributed by atoms with E-state index in [-0.39, 0.29) is 5.56 Å². The molecule has 2 aromatic rings. The fourth-order valence-electron chi connectivity index (χ4n) is 2.67. The van der Waals surface area contributed by atoms with Crippen LogP contribution in [0.4, 0.5) is 13.2 Å². The van der Waals surface area contributed by atoms with Gasteiger partial charge in [-0.3, -0.25) is 9.69 Å². The summed E-state index contributed by atoms with van der Waals surface area (Å²) in [6.07, 6.45) is -0.249. The van der Waals surface area contributed by atoms with Crippen LogP contribution >= 0.6 is 0 Å². The van der Waals surface area contributed by atoms with Crippen molar-refractivity contribution in [3.05, 3.63) is 82.9 Å². The molecular formula is C19H16F3NO. The van der Waals surface area contributed by atoms with Crippen LogP contribution in [0, 0.1) is 0 Å². The predicted molar refractivity (Wildman–Crippen MR) is 85.7 cm³/mol. The fraction of sp³-hybridized carbons (Fsp3) is 0.211. The standard InChI is InChI=1S/C19H16F3NO/c20-19(21,22)17-5-3-4-16(12-17)18(24)15-8-6-14(7-9-15)13-23-10-1-2-11-23/h1-9,12H,10-11,13H2. The van der Waals surface area contributed by atoms with E-state index >= 15 is 0 Å². The summed E-state index contributed by atoms with van der Waals surface area (Å²) < 4.78 is 38.3. The lowest BCUT2D eigenvalue weighted by atomic mass is 10.00. The lowest BCUT2D eigenvalue weighted by Crippen LogP contribution is -2.19. The van der Waals surface area contributed by atoms with Gasteiger partial charge >= 0.3 is 6.18 Å². The Labute approximate surface area is 138 Å². The SMILES string of the molecule is O=C(c1ccc(CN2CC=CC2)cc1)c1cccc(C(F)(F)F)c1. The van der Waals surface area contributed by atoms with Gasteiger partial charge in [0.25, 0.3) is 0 Å². The van der Waals surface area contributed by atoms with Gasteiger partial charge in [-0.1, -0.05) is 48.6 Å². The molecule has 2 aromatic carbocycles. The quantitative estimate of drug-likeness (QED) is 0.615. The maximum atomic E-state index is 12.8. The molecule has 0 atom stereocenters. The smallest absolute Gasteiger partial charge is 0.292 e. The van der Waals surface area contributed by atoms with Crippen LogP contribution in [0.2, 0.25) is 0 Å². The van der Waals surface area contributed by atoms with Crippen molar-refractivity contribution in [2.75, 3.05) is 13.1 Å². The Morgan fingerprint density at radius 1 is 0.958 bits per heavy atom. The van der Waals surface area contributed by atoms with Crippen LogP contribution in [0.5, 0.6) is 0 Å². The highest BCUT2D eigenvalue weighted by molar-refractivity contribution is 6.09. The van der Waals surface area contributed by atoms with Crippen LogP contribution < -0.4 is 0 Å². The minimum Gasteiger partial charge on any atom is -0.292 e. The molecule has 0 radical (unpaired) electrons. The van der Waals surface area contributed by atoms with E-state index in [9.17, 15) is 18.0 Å². The molecule has 124 valence electrons. The topological polar surface area (TPSA) is 20.3 Å². The molecule has 0 fully saturated rings. The minimum atomic E-state index is -4.45. The van der Waals surface area contributed by atoms with Crippen molar-refractivity contribution >= 4 is 5.78 Å². The predicted octanol–water partition coefficient (Wildman–Crippen LogP) is 4.31. The van der Waals surface area contributed by atoms with Crippen molar-refractivity contribution in [3.63, 3.8) is 0 Å². The summed E-state index contributed by atoms with van der Waals surface area (Å²) in [4.78, 5) is 14.6. The maximum Gasteiger partial charge on any atom is 0.416 e. The first kappa shape index (κ1) is 16.5. The number of carbonyl (C=O) groups is 1. The second-order valence-electron chi connectivity index (χ2n) is 5.77. The maximum absolute atomic E-state index is 12.8. The molecule has 0 N–H and O–H groups in total. The summed E-state index contributed by atoms with van der Waals surface area (Å²) in [5, 5.41) is 0. The Kier molecular flexibility index (Phi) is 4.53. The van der Waals surface area contributed by atoms with Crippen molar-refractivity contribution in [2.24, 2.45) is 0 Å². The van der Waals surface area contributed by atoms with Crippen LogP contribution in [0.3, 0.4) is 0 Å². The molecule has 0 spiro atoms. The summed E-state index contributed by atoms with van der Waals surface area (Å²) in [5.74, 6) is -0.407. The van der Waals surface area contributed by atoms with Gasteiger partial charge in [0.15, 0.2) is 5.78 Å². The lowest BCUT2D eigenvalue weighted by Gasteiger charge is -2.14. The molecule has 1 aliphatic heterocycles. The highest BCUT2D eigenvalue weighted by Gasteiger charge is 2.30. The van der Waals surface area contributed by atoms with Crippen molar-refractivity contribution < 1.29 is 18.0 Å². The number of hydrogen-bond donors (Lipinski definition) is 0. The van der Waals surface area contributed by atoms with E-state index < -0.39 is 17.5 Å². The van der Waals surface area contributed by atoms with E-state index in [4.69, 9.17) is 0 Å². The molecule has 1 heterocycles. The summed E-state index contributed by atoms with van der Waals surface area (Å²) in [7, 11) is 0. The van der Waals surface area contributed by atoms with Crippen molar-refractivity contribution in [1.82, 2.24) is 4.90 Å². The first-order chi connectivity index (χ1) is 11.4. The monoisotopic (exact) mass is 331 g/mol. The van der Waals surface area contributed by atoms with Gasteiger partial charge < -0.3 is 0 Å². The van der Waals surface area contributed by atoms with Gasteiger partial charge in [0.2, 0.25) is 0 Å². The van der Waals surface area contributed by atoms with Crippen LogP contribution in [0.25, 0.3) is 0 Å². The van der Waals surface area contributed by atoms with Gasteiger partial charge in [-0.05, 0) is 17.7 Å². The Morgan fingerprint density at radius 3 is 2.25 bits per heavy atom. The largest absolute Gasteiger partial charge is 0.416 e. The van der Waals surface area contributed by atoms with E-state index in [2.05, 4.69) is 17.1 Å². The third kappa shape index (κ3) is 3.74. The third-order valence-corrected chi connectivity index (χ3v) is 3.97. The van der Waals surface area contributed by atoms with Crippen molar-refractivity contribution in [2.45, 2.75) is 12.7 Å². The molecule has 0 unspecified atom stereocenters. The number of hydrogen-bond acceptors (Lipinski definition) is 2. The number of ketones is 1. The van der Waals surface area contributed by atoms with E-state index in [1.807, 2.05) is 12.1 Å². The third-order valence-electron chi connectivity index (χ3n) is 3.97. The van der Waals surface area contributed by atoms with Crippen LogP contribution in [-0.2, 0) is 12.7 Å². The second kappa shape index (κ2) is 6.61. The number of nitrogens with zero attached hydrogens (tertiary/aromatic N) is 1. The zero-order valence-electron chi connectivity index (χ0n) is 12.9. The summed E-state index contributed by atoms with van der Waals surface area (Å²) in [5.41, 5.74) is 0.685. The Bertz CT molecular complexity index is 755. The highest BCUT2D eigenvalue weighted by Crippen LogP contribution is 2.30. The molecule has 2 nitrogen and oxygen atoms in total. The Hall–Kier alpha value is -2.40. The average molecular weight is 331 g/mol. The molecule has 0 saturated carbocycles. The number of alkyl halides is 3. The van der Waals surface area contributed by atoms with Gasteiger partial charge in [-0.25, -0.2) is 0 Å². The first-order valence-corrected chi connectivity index (χ1v) is 7.62. The minimum absolute atomic E-state index is 0.0429. The number of carbonyl (C=O) groups excluding carboxylic acids is 1. The zero-order valence-corrected chi connectivity index (χ0v) is 12.9. The van der Waals surface area contributed by atoms with Gasteiger partial charge in [0.1, 0.15) is 0 Å². The summed E-state index contributed by atoms with van der Waals surface area (Å²) in [6.45, 7) is 2.60. The van der Waals surface area contributed by atoms with E-state index in [0.717, 1.165) is 37.3 Å². The average Bonchev–Trinajstić information content (AvgIpc) is 3.07. The van der Waals surface area contributed by atoms with Crippen molar-refractivity contribution in [3.8, 4) is 0 Å². The van der Waals surface area contributed by atoms with Gasteiger partial charge in [-0.2, -0.15) is 13.2 Å². The van der Waals surface area contributed by atoms with E-state index in [1.165, 1.54) is 12.1 Å². The normalized spacial score (nSPS) is 15.0. The number of rotatable bonds is 4. The van der Waals surface area contributed by atoms with E-state index in [0.29, 0.717) is 5.56 Å². The molecule has 24 heavy (non-hydrogen) atoms. The summed E-state index contributed by atoms with van der Waals surface area (Å²) in [6, 6.07) is 11.5. The number of halogens is 3. The Morgan fingerprint density at radius 2 is 1.62 bits per heavy atom. The number of benzene rings is 2. The Balaban J connectivity index is 1.75. The second-order valence-corrected chi connectivity index (χ2v) is 5.77. The van der Waals surface area contributed by atoms with Gasteiger partial charge in [-0.15, -0.1) is 0 Å². The van der Waals surface area contributed by atoms with E-state index in [1.54, 1.807) is 12.1 Å². The molecule has 0 bridgehead atoms.